The van der Waals surface area contributed by atoms with Crippen LogP contribution in [0.3, 0.4) is 0 Å². The van der Waals surface area contributed by atoms with Gasteiger partial charge in [0.25, 0.3) is 5.91 Å². The molecule has 0 aliphatic rings. The molecule has 5 heteroatoms. The highest BCUT2D eigenvalue weighted by molar-refractivity contribution is 7.09. The number of amides is 1. The molecule has 1 aromatic carbocycles. The number of carbonyl (C=O) groups excluding carboxylic acids is 1. The van der Waals surface area contributed by atoms with Crippen molar-refractivity contribution in [2.45, 2.75) is 13.5 Å². The van der Waals surface area contributed by atoms with Gasteiger partial charge in [0, 0.05) is 17.5 Å². The highest BCUT2D eigenvalue weighted by Crippen LogP contribution is 2.19. The second-order valence-electron chi connectivity index (χ2n) is 4.24. The number of carbonyl (C=O) groups is 1. The molecular formula is C15H16FNO2S. The maximum absolute atomic E-state index is 13.9. The summed E-state index contributed by atoms with van der Waals surface area (Å²) in [7, 11) is 1.46. The van der Waals surface area contributed by atoms with Crippen molar-refractivity contribution in [1.82, 2.24) is 4.90 Å². The van der Waals surface area contributed by atoms with Gasteiger partial charge < -0.3 is 9.64 Å². The number of rotatable bonds is 5. The Balaban J connectivity index is 2.20. The molecule has 20 heavy (non-hydrogen) atoms. The van der Waals surface area contributed by atoms with E-state index in [4.69, 9.17) is 4.74 Å². The fraction of sp³-hybridized carbons (Fsp3) is 0.267. The lowest BCUT2D eigenvalue weighted by molar-refractivity contribution is 0.0749. The van der Waals surface area contributed by atoms with Gasteiger partial charge in [-0.3, -0.25) is 4.79 Å². The van der Waals surface area contributed by atoms with Crippen LogP contribution in [-0.2, 0) is 6.54 Å². The van der Waals surface area contributed by atoms with Gasteiger partial charge in [-0.05, 0) is 30.5 Å². The molecule has 2 rings (SSSR count). The van der Waals surface area contributed by atoms with Crippen LogP contribution in [-0.4, -0.2) is 24.5 Å². The third-order valence-electron chi connectivity index (χ3n) is 3.00. The van der Waals surface area contributed by atoms with Gasteiger partial charge in [0.15, 0.2) is 0 Å². The Morgan fingerprint density at radius 1 is 1.40 bits per heavy atom. The summed E-state index contributed by atoms with van der Waals surface area (Å²) in [6.07, 6.45) is 0. The Morgan fingerprint density at radius 3 is 2.75 bits per heavy atom. The lowest BCUT2D eigenvalue weighted by Gasteiger charge is -2.20. The number of hydrogen-bond donors (Lipinski definition) is 0. The van der Waals surface area contributed by atoms with Gasteiger partial charge in [-0.2, -0.15) is 0 Å². The van der Waals surface area contributed by atoms with Crippen molar-refractivity contribution in [1.29, 1.82) is 0 Å². The first kappa shape index (κ1) is 14.5. The van der Waals surface area contributed by atoms with Crippen molar-refractivity contribution in [3.63, 3.8) is 0 Å². The summed E-state index contributed by atoms with van der Waals surface area (Å²) >= 11 is 1.58. The normalized spacial score (nSPS) is 10.3. The van der Waals surface area contributed by atoms with Crippen LogP contribution in [0.1, 0.15) is 22.2 Å². The molecule has 0 N–H and O–H groups in total. The minimum absolute atomic E-state index is 0.0733. The zero-order valence-electron chi connectivity index (χ0n) is 11.4. The average Bonchev–Trinajstić information content (AvgIpc) is 2.96. The van der Waals surface area contributed by atoms with Crippen LogP contribution in [0, 0.1) is 5.82 Å². The lowest BCUT2D eigenvalue weighted by Crippen LogP contribution is -2.30. The number of benzene rings is 1. The van der Waals surface area contributed by atoms with Crippen molar-refractivity contribution in [2.24, 2.45) is 0 Å². The van der Waals surface area contributed by atoms with Crippen molar-refractivity contribution in [3.05, 3.63) is 52.0 Å². The number of hydrogen-bond acceptors (Lipinski definition) is 3. The molecule has 0 aliphatic heterocycles. The minimum Gasteiger partial charge on any atom is -0.497 e. The summed E-state index contributed by atoms with van der Waals surface area (Å²) in [4.78, 5) is 15.1. The van der Waals surface area contributed by atoms with Crippen LogP contribution >= 0.6 is 11.3 Å². The summed E-state index contributed by atoms with van der Waals surface area (Å²) in [6, 6.07) is 8.19. The number of methoxy groups -OCH3 is 1. The fourth-order valence-electron chi connectivity index (χ4n) is 1.88. The molecular weight excluding hydrogens is 277 g/mol. The largest absolute Gasteiger partial charge is 0.497 e. The predicted molar refractivity (Wildman–Crippen MR) is 77.7 cm³/mol. The van der Waals surface area contributed by atoms with Crippen LogP contribution in [0.5, 0.6) is 5.75 Å². The Hall–Kier alpha value is -1.88. The van der Waals surface area contributed by atoms with Crippen molar-refractivity contribution < 1.29 is 13.9 Å². The van der Waals surface area contributed by atoms with Crippen LogP contribution in [0.15, 0.2) is 35.7 Å². The molecule has 0 bridgehead atoms. The van der Waals surface area contributed by atoms with Crippen LogP contribution in [0.25, 0.3) is 0 Å². The van der Waals surface area contributed by atoms with Gasteiger partial charge in [0.2, 0.25) is 0 Å². The van der Waals surface area contributed by atoms with E-state index in [-0.39, 0.29) is 11.5 Å². The van der Waals surface area contributed by atoms with Gasteiger partial charge in [-0.25, -0.2) is 4.39 Å². The molecule has 0 spiro atoms. The van der Waals surface area contributed by atoms with Crippen LogP contribution < -0.4 is 4.74 Å². The molecule has 0 unspecified atom stereocenters. The van der Waals surface area contributed by atoms with Crippen LogP contribution in [0.4, 0.5) is 4.39 Å². The highest BCUT2D eigenvalue weighted by atomic mass is 32.1. The fourth-order valence-corrected chi connectivity index (χ4v) is 2.60. The number of halogens is 1. The first-order valence-corrected chi connectivity index (χ1v) is 7.19. The third kappa shape index (κ3) is 3.17. The van der Waals surface area contributed by atoms with E-state index in [1.807, 2.05) is 24.4 Å². The second kappa shape index (κ2) is 6.52. The van der Waals surface area contributed by atoms with Gasteiger partial charge in [0.1, 0.15) is 11.6 Å². The number of ether oxygens (including phenoxy) is 1. The molecule has 1 amide bonds. The molecule has 0 saturated carbocycles. The molecule has 0 aliphatic carbocycles. The van der Waals surface area contributed by atoms with E-state index in [1.54, 1.807) is 22.3 Å². The van der Waals surface area contributed by atoms with E-state index in [0.717, 1.165) is 4.88 Å². The zero-order valence-corrected chi connectivity index (χ0v) is 12.2. The first-order chi connectivity index (χ1) is 9.65. The van der Waals surface area contributed by atoms with E-state index in [9.17, 15) is 9.18 Å². The maximum Gasteiger partial charge on any atom is 0.257 e. The monoisotopic (exact) mass is 293 g/mol. The Bertz CT molecular complexity index is 584. The minimum atomic E-state index is -0.557. The summed E-state index contributed by atoms with van der Waals surface area (Å²) in [6.45, 7) is 2.91. The third-order valence-corrected chi connectivity index (χ3v) is 3.86. The van der Waals surface area contributed by atoms with E-state index < -0.39 is 5.82 Å². The molecule has 0 atom stereocenters. The summed E-state index contributed by atoms with van der Waals surface area (Å²) in [5.41, 5.74) is 0.0733. The van der Waals surface area contributed by atoms with Gasteiger partial charge in [-0.15, -0.1) is 11.3 Å². The molecule has 2 aromatic rings. The maximum atomic E-state index is 13.9. The number of thiophene rings is 1. The SMILES string of the molecule is CCN(Cc1cccs1)C(=O)c1ccc(OC)cc1F. The molecule has 1 heterocycles. The standard InChI is InChI=1S/C15H16FNO2S/c1-3-17(10-12-5-4-8-20-12)15(18)13-7-6-11(19-2)9-14(13)16/h4-9H,3,10H2,1-2H3. The first-order valence-electron chi connectivity index (χ1n) is 6.31. The summed E-state index contributed by atoms with van der Waals surface area (Å²) < 4.78 is 18.9. The highest BCUT2D eigenvalue weighted by Gasteiger charge is 2.19. The molecule has 3 nitrogen and oxygen atoms in total. The Morgan fingerprint density at radius 2 is 2.20 bits per heavy atom. The zero-order chi connectivity index (χ0) is 14.5. The van der Waals surface area contributed by atoms with Crippen LogP contribution in [0.2, 0.25) is 0 Å². The smallest absolute Gasteiger partial charge is 0.257 e. The molecule has 0 radical (unpaired) electrons. The summed E-state index contributed by atoms with van der Waals surface area (Å²) in [5, 5.41) is 1.96. The van der Waals surface area contributed by atoms with Gasteiger partial charge in [-0.1, -0.05) is 6.07 Å². The van der Waals surface area contributed by atoms with Gasteiger partial charge >= 0.3 is 0 Å². The lowest BCUT2D eigenvalue weighted by atomic mass is 10.1. The van der Waals surface area contributed by atoms with E-state index >= 15 is 0 Å². The molecule has 1 aromatic heterocycles. The average molecular weight is 293 g/mol. The molecule has 0 fully saturated rings. The van der Waals surface area contributed by atoms with E-state index in [2.05, 4.69) is 0 Å². The second-order valence-corrected chi connectivity index (χ2v) is 5.28. The van der Waals surface area contributed by atoms with Crippen molar-refractivity contribution in [3.8, 4) is 5.75 Å². The quantitative estimate of drug-likeness (QED) is 0.843. The Labute approximate surface area is 121 Å². The van der Waals surface area contributed by atoms with E-state index in [1.165, 1.54) is 19.2 Å². The topological polar surface area (TPSA) is 29.5 Å². The van der Waals surface area contributed by atoms with Crippen molar-refractivity contribution in [2.75, 3.05) is 13.7 Å². The van der Waals surface area contributed by atoms with E-state index in [0.29, 0.717) is 18.8 Å². The molecule has 0 saturated heterocycles. The Kier molecular flexibility index (Phi) is 4.74. The van der Waals surface area contributed by atoms with Crippen molar-refractivity contribution >= 4 is 17.2 Å². The predicted octanol–water partition coefficient (Wildman–Crippen LogP) is 3.56. The number of nitrogens with zero attached hydrogens (tertiary/aromatic N) is 1. The van der Waals surface area contributed by atoms with Gasteiger partial charge in [0.05, 0.1) is 19.2 Å². The summed E-state index contributed by atoms with van der Waals surface area (Å²) in [5.74, 6) is -0.458. The molecule has 106 valence electrons.